The van der Waals surface area contributed by atoms with Crippen LogP contribution in [-0.4, -0.2) is 28.4 Å². The van der Waals surface area contributed by atoms with E-state index >= 15 is 0 Å². The molecule has 34 heavy (non-hydrogen) atoms. The second-order valence-electron chi connectivity index (χ2n) is 7.44. The third kappa shape index (κ3) is 3.69. The number of benzene rings is 2. The minimum absolute atomic E-state index is 0.0896. The van der Waals surface area contributed by atoms with Gasteiger partial charge in [-0.3, -0.25) is 19.1 Å². The van der Waals surface area contributed by atoms with E-state index in [1.165, 1.54) is 28.0 Å². The van der Waals surface area contributed by atoms with E-state index in [2.05, 4.69) is 11.8 Å². The van der Waals surface area contributed by atoms with Crippen LogP contribution in [0.2, 0.25) is 0 Å². The lowest BCUT2D eigenvalue weighted by molar-refractivity contribution is -0.112. The molecule has 3 aromatic rings. The topological polar surface area (TPSA) is 54.8 Å². The van der Waals surface area contributed by atoms with E-state index in [1.807, 2.05) is 55.5 Å². The van der Waals surface area contributed by atoms with Crippen molar-refractivity contribution >= 4 is 78.6 Å². The molecule has 0 spiro atoms. The summed E-state index contributed by atoms with van der Waals surface area (Å²) >= 11 is 9.74. The molecule has 5 rings (SSSR count). The highest BCUT2D eigenvalue weighted by Crippen LogP contribution is 2.47. The molecule has 0 aliphatic carbocycles. The number of anilines is 2. The average Bonchev–Trinajstić information content (AvgIpc) is 3.48. The zero-order valence-electron chi connectivity index (χ0n) is 18.7. The molecule has 1 saturated heterocycles. The molecular formula is C24H21N3O3S4. The number of hydrogen-bond acceptors (Lipinski definition) is 8. The van der Waals surface area contributed by atoms with Crippen LogP contribution in [0.4, 0.5) is 11.4 Å². The molecular weight excluding hydrogens is 507 g/mol. The summed E-state index contributed by atoms with van der Waals surface area (Å²) in [5.74, 6) is 0.579. The lowest BCUT2D eigenvalue weighted by atomic mass is 10.2. The molecule has 0 N–H and O–H groups in total. The molecule has 2 aliphatic heterocycles. The van der Waals surface area contributed by atoms with Crippen LogP contribution in [0.15, 0.2) is 58.2 Å². The van der Waals surface area contributed by atoms with Crippen LogP contribution >= 0.6 is 47.1 Å². The zero-order valence-corrected chi connectivity index (χ0v) is 22.0. The summed E-state index contributed by atoms with van der Waals surface area (Å²) in [5.41, 5.74) is 1.66. The van der Waals surface area contributed by atoms with E-state index < -0.39 is 0 Å². The van der Waals surface area contributed by atoms with Crippen molar-refractivity contribution in [2.45, 2.75) is 25.3 Å². The van der Waals surface area contributed by atoms with Crippen LogP contribution in [0.1, 0.15) is 13.8 Å². The minimum atomic E-state index is -0.194. The van der Waals surface area contributed by atoms with Gasteiger partial charge in [0.05, 0.1) is 18.5 Å². The van der Waals surface area contributed by atoms with Crippen molar-refractivity contribution in [2.75, 3.05) is 23.5 Å². The van der Waals surface area contributed by atoms with Gasteiger partial charge in [0.1, 0.15) is 24.9 Å². The van der Waals surface area contributed by atoms with Gasteiger partial charge in [-0.25, -0.2) is 0 Å². The molecule has 174 valence electrons. The Bertz CT molecular complexity index is 1490. The van der Waals surface area contributed by atoms with Crippen molar-refractivity contribution in [1.82, 2.24) is 4.57 Å². The van der Waals surface area contributed by atoms with Gasteiger partial charge < -0.3 is 9.64 Å². The molecule has 2 aliphatic rings. The fourth-order valence-corrected chi connectivity index (χ4v) is 7.97. The first-order chi connectivity index (χ1) is 16.5. The maximum absolute atomic E-state index is 13.5. The Morgan fingerprint density at radius 3 is 2.44 bits per heavy atom. The number of carbonyl (C=O) groups excluding carboxylic acids is 1. The van der Waals surface area contributed by atoms with E-state index in [0.29, 0.717) is 31.5 Å². The Balaban J connectivity index is 1.70. The second-order valence-corrected chi connectivity index (χ2v) is 11.1. The number of methoxy groups -OCH3 is 1. The smallest absolute Gasteiger partial charge is 0.273 e. The first-order valence-electron chi connectivity index (χ1n) is 10.7. The second kappa shape index (κ2) is 9.26. The molecule has 0 atom stereocenters. The van der Waals surface area contributed by atoms with Crippen molar-refractivity contribution in [2.24, 2.45) is 0 Å². The van der Waals surface area contributed by atoms with E-state index in [4.69, 9.17) is 17.0 Å². The number of carbonyl (C=O) groups is 1. The molecule has 6 nitrogen and oxygen atoms in total. The number of ether oxygens (including phenoxy) is 1. The first-order valence-corrected chi connectivity index (χ1v) is 13.6. The Morgan fingerprint density at radius 2 is 1.76 bits per heavy atom. The average molecular weight is 528 g/mol. The molecule has 2 aromatic carbocycles. The van der Waals surface area contributed by atoms with Crippen LogP contribution < -0.4 is 29.3 Å². The van der Waals surface area contributed by atoms with Gasteiger partial charge in [0, 0.05) is 24.1 Å². The summed E-state index contributed by atoms with van der Waals surface area (Å²) < 4.78 is 8.83. The highest BCUT2D eigenvalue weighted by molar-refractivity contribution is 8.31. The molecule has 10 heteroatoms. The largest absolute Gasteiger partial charge is 0.497 e. The first kappa shape index (κ1) is 23.2. The van der Waals surface area contributed by atoms with Gasteiger partial charge in [-0.05, 0) is 38.1 Å². The highest BCUT2D eigenvalue weighted by Gasteiger charge is 2.35. The molecule has 1 aromatic heterocycles. The van der Waals surface area contributed by atoms with Crippen molar-refractivity contribution < 1.29 is 9.53 Å². The van der Waals surface area contributed by atoms with E-state index in [1.54, 1.807) is 23.4 Å². The molecule has 0 saturated carbocycles. The highest BCUT2D eigenvalue weighted by atomic mass is 32.2. The summed E-state index contributed by atoms with van der Waals surface area (Å²) in [6.45, 7) is 5.15. The van der Waals surface area contributed by atoms with Crippen molar-refractivity contribution in [3.8, 4) is 5.75 Å². The molecule has 0 radical (unpaired) electrons. The normalized spacial score (nSPS) is 18.7. The lowest BCUT2D eigenvalue weighted by Gasteiger charge is -2.17. The summed E-state index contributed by atoms with van der Waals surface area (Å²) in [6.07, 6.45) is 0. The van der Waals surface area contributed by atoms with Gasteiger partial charge >= 0.3 is 0 Å². The Hall–Kier alpha value is -2.53. The number of fused-ring (bicyclic) bond motifs is 1. The van der Waals surface area contributed by atoms with E-state index in [0.717, 1.165) is 27.0 Å². The van der Waals surface area contributed by atoms with Gasteiger partial charge in [0.25, 0.3) is 11.5 Å². The monoisotopic (exact) mass is 527 g/mol. The third-order valence-electron chi connectivity index (χ3n) is 5.60. The molecule has 3 heterocycles. The maximum atomic E-state index is 13.5. The summed E-state index contributed by atoms with van der Waals surface area (Å²) in [6, 6.07) is 15.3. The molecule has 1 fully saturated rings. The number of nitrogens with zero attached hydrogens (tertiary/aromatic N) is 3. The molecule has 0 bridgehead atoms. The van der Waals surface area contributed by atoms with Gasteiger partial charge in [-0.1, -0.05) is 53.9 Å². The Morgan fingerprint density at radius 1 is 1.00 bits per heavy atom. The van der Waals surface area contributed by atoms with Gasteiger partial charge in [-0.15, -0.1) is 11.3 Å². The van der Waals surface area contributed by atoms with E-state index in [-0.39, 0.29) is 11.5 Å². The van der Waals surface area contributed by atoms with Crippen molar-refractivity contribution in [1.29, 1.82) is 0 Å². The number of thioether (sulfide) groups is 2. The van der Waals surface area contributed by atoms with Crippen molar-refractivity contribution in [3.05, 3.63) is 68.1 Å². The fraction of sp³-hybridized carbons (Fsp3) is 0.208. The maximum Gasteiger partial charge on any atom is 0.273 e. The predicted octanol–water partition coefficient (Wildman–Crippen LogP) is 3.81. The lowest BCUT2D eigenvalue weighted by Crippen LogP contribution is -2.35. The number of thiazole rings is 1. The fourth-order valence-electron chi connectivity index (χ4n) is 3.97. The minimum Gasteiger partial charge on any atom is -0.497 e. The Kier molecular flexibility index (Phi) is 6.32. The summed E-state index contributed by atoms with van der Waals surface area (Å²) in [7, 11) is 1.65. The Labute approximate surface area is 214 Å². The number of para-hydroxylation sites is 1. The van der Waals surface area contributed by atoms with Crippen LogP contribution in [0.5, 0.6) is 5.75 Å². The summed E-state index contributed by atoms with van der Waals surface area (Å²) in [5, 5.41) is 0.882. The molecule has 1 amide bonds. The predicted molar refractivity (Wildman–Crippen MR) is 146 cm³/mol. The van der Waals surface area contributed by atoms with Crippen molar-refractivity contribution in [3.63, 3.8) is 0 Å². The van der Waals surface area contributed by atoms with Gasteiger partial charge in [0.15, 0.2) is 4.32 Å². The van der Waals surface area contributed by atoms with Crippen LogP contribution in [0.25, 0.3) is 9.93 Å². The number of hydrogen-bond donors (Lipinski definition) is 0. The van der Waals surface area contributed by atoms with Gasteiger partial charge in [-0.2, -0.15) is 0 Å². The van der Waals surface area contributed by atoms with Crippen LogP contribution in [-0.2, 0) is 11.3 Å². The van der Waals surface area contributed by atoms with E-state index in [9.17, 15) is 9.59 Å². The quantitative estimate of drug-likeness (QED) is 0.479. The SMILES string of the molecule is CCN1/C(=c2/s/c(=C3\SC(=S)N(c4ccccc4)C3=O)n(CC)c2=O)Sc2ccc(OC)cc21. The summed E-state index contributed by atoms with van der Waals surface area (Å²) in [4.78, 5) is 32.2. The van der Waals surface area contributed by atoms with Crippen LogP contribution in [0, 0.1) is 0 Å². The number of rotatable bonds is 4. The standard InChI is InChI=1S/C24H21N3O3S4/c1-4-25-16-13-15(30-3)11-12-17(16)32-22(25)18-20(28)26(5-2)23(33-18)19-21(29)27(24(31)34-19)14-9-7-6-8-10-14/h6-13H,4-5H2,1-3H3/b22-18-,23-19-. The van der Waals surface area contributed by atoms with Gasteiger partial charge in [0.2, 0.25) is 0 Å². The number of thiocarbonyl (C=S) groups is 1. The number of aromatic nitrogens is 1. The molecule has 0 unspecified atom stereocenters. The third-order valence-corrected chi connectivity index (χ3v) is 9.59. The number of amides is 1. The van der Waals surface area contributed by atoms with Crippen LogP contribution in [0.3, 0.4) is 0 Å². The zero-order chi connectivity index (χ0) is 24.0.